The SMILES string of the molecule is CCNC(=O)c1cc(/C=C/c2c(-c3ccc(F)cc3)noc2C)nn1C. The largest absolute Gasteiger partial charge is 0.360 e. The van der Waals surface area contributed by atoms with Crippen LogP contribution in [0.1, 0.15) is 34.4 Å². The van der Waals surface area contributed by atoms with Gasteiger partial charge in [0, 0.05) is 24.7 Å². The highest BCUT2D eigenvalue weighted by molar-refractivity contribution is 5.93. The van der Waals surface area contributed by atoms with E-state index in [0.717, 1.165) is 11.1 Å². The molecule has 134 valence electrons. The molecule has 3 rings (SSSR count). The molecule has 2 aromatic heterocycles. The van der Waals surface area contributed by atoms with Gasteiger partial charge in [-0.25, -0.2) is 4.39 Å². The van der Waals surface area contributed by atoms with Crippen molar-refractivity contribution in [2.75, 3.05) is 6.54 Å². The number of nitrogens with zero attached hydrogens (tertiary/aromatic N) is 3. The summed E-state index contributed by atoms with van der Waals surface area (Å²) in [5, 5.41) is 11.1. The van der Waals surface area contributed by atoms with Gasteiger partial charge < -0.3 is 9.84 Å². The van der Waals surface area contributed by atoms with Crippen molar-refractivity contribution >= 4 is 18.1 Å². The van der Waals surface area contributed by atoms with Crippen LogP contribution in [0.2, 0.25) is 0 Å². The second kappa shape index (κ2) is 7.35. The van der Waals surface area contributed by atoms with Crippen LogP contribution < -0.4 is 5.32 Å². The van der Waals surface area contributed by atoms with E-state index >= 15 is 0 Å². The molecular weight excluding hydrogens is 335 g/mol. The topological polar surface area (TPSA) is 73.0 Å². The molecule has 1 N–H and O–H groups in total. The lowest BCUT2D eigenvalue weighted by Gasteiger charge is -2.00. The summed E-state index contributed by atoms with van der Waals surface area (Å²) >= 11 is 0. The van der Waals surface area contributed by atoms with Crippen molar-refractivity contribution in [2.24, 2.45) is 7.05 Å². The minimum atomic E-state index is -0.308. The molecule has 0 aliphatic heterocycles. The Morgan fingerprint density at radius 3 is 2.73 bits per heavy atom. The average Bonchev–Trinajstić information content (AvgIpc) is 3.17. The fourth-order valence-electron chi connectivity index (χ4n) is 2.59. The molecule has 0 bridgehead atoms. The molecular formula is C19H19FN4O2. The molecule has 0 saturated carbocycles. The number of amides is 1. The van der Waals surface area contributed by atoms with Crippen molar-refractivity contribution < 1.29 is 13.7 Å². The zero-order valence-electron chi connectivity index (χ0n) is 14.8. The van der Waals surface area contributed by atoms with Crippen LogP contribution in [0.4, 0.5) is 4.39 Å². The van der Waals surface area contributed by atoms with E-state index < -0.39 is 0 Å². The van der Waals surface area contributed by atoms with Gasteiger partial charge in [-0.3, -0.25) is 9.48 Å². The Bertz CT molecular complexity index is 955. The first kappa shape index (κ1) is 17.6. The summed E-state index contributed by atoms with van der Waals surface area (Å²) in [7, 11) is 1.72. The summed E-state index contributed by atoms with van der Waals surface area (Å²) in [5.41, 5.74) is 3.28. The van der Waals surface area contributed by atoms with E-state index in [-0.39, 0.29) is 11.7 Å². The van der Waals surface area contributed by atoms with Crippen LogP contribution in [-0.4, -0.2) is 27.4 Å². The van der Waals surface area contributed by atoms with Crippen molar-refractivity contribution in [1.29, 1.82) is 0 Å². The maximum absolute atomic E-state index is 13.1. The van der Waals surface area contributed by atoms with Crippen LogP contribution in [-0.2, 0) is 7.05 Å². The first-order chi connectivity index (χ1) is 12.5. The lowest BCUT2D eigenvalue weighted by atomic mass is 10.1. The van der Waals surface area contributed by atoms with Crippen LogP contribution in [0.15, 0.2) is 34.9 Å². The molecule has 0 unspecified atom stereocenters. The molecule has 0 atom stereocenters. The number of benzene rings is 1. The van der Waals surface area contributed by atoms with E-state index in [9.17, 15) is 9.18 Å². The lowest BCUT2D eigenvalue weighted by Crippen LogP contribution is -2.24. The van der Waals surface area contributed by atoms with Gasteiger partial charge in [0.25, 0.3) is 5.91 Å². The van der Waals surface area contributed by atoms with Crippen LogP contribution in [0.5, 0.6) is 0 Å². The monoisotopic (exact) mass is 354 g/mol. The third-order valence-electron chi connectivity index (χ3n) is 3.92. The van der Waals surface area contributed by atoms with Crippen LogP contribution in [0.3, 0.4) is 0 Å². The van der Waals surface area contributed by atoms with E-state index in [1.807, 2.05) is 13.0 Å². The number of nitrogens with one attached hydrogen (secondary N) is 1. The van der Waals surface area contributed by atoms with Crippen molar-refractivity contribution in [2.45, 2.75) is 13.8 Å². The molecule has 0 saturated heterocycles. The predicted octanol–water partition coefficient (Wildman–Crippen LogP) is 3.44. The Balaban J connectivity index is 1.90. The van der Waals surface area contributed by atoms with Gasteiger partial charge in [0.1, 0.15) is 23.0 Å². The molecule has 0 fully saturated rings. The van der Waals surface area contributed by atoms with Crippen LogP contribution in [0.25, 0.3) is 23.4 Å². The molecule has 6 nitrogen and oxygen atoms in total. The molecule has 0 spiro atoms. The number of carbonyl (C=O) groups is 1. The van der Waals surface area contributed by atoms with Gasteiger partial charge in [0.05, 0.1) is 5.69 Å². The van der Waals surface area contributed by atoms with Gasteiger partial charge in [-0.05, 0) is 56.3 Å². The fraction of sp³-hybridized carbons (Fsp3) is 0.211. The number of halogens is 1. The maximum atomic E-state index is 13.1. The highest BCUT2D eigenvalue weighted by Crippen LogP contribution is 2.27. The zero-order chi connectivity index (χ0) is 18.7. The molecule has 0 aliphatic rings. The molecule has 1 aromatic carbocycles. The Labute approximate surface area is 150 Å². The van der Waals surface area contributed by atoms with E-state index in [0.29, 0.717) is 29.4 Å². The Morgan fingerprint density at radius 2 is 2.04 bits per heavy atom. The first-order valence-electron chi connectivity index (χ1n) is 8.22. The summed E-state index contributed by atoms with van der Waals surface area (Å²) in [4.78, 5) is 12.0. The maximum Gasteiger partial charge on any atom is 0.269 e. The minimum absolute atomic E-state index is 0.171. The van der Waals surface area contributed by atoms with E-state index in [4.69, 9.17) is 4.52 Å². The number of aromatic nitrogens is 3. The second-order valence-electron chi connectivity index (χ2n) is 5.78. The highest BCUT2D eigenvalue weighted by atomic mass is 19.1. The van der Waals surface area contributed by atoms with Gasteiger partial charge >= 0.3 is 0 Å². The molecule has 7 heteroatoms. The summed E-state index contributed by atoms with van der Waals surface area (Å²) in [6.07, 6.45) is 3.61. The third-order valence-corrected chi connectivity index (χ3v) is 3.92. The molecule has 26 heavy (non-hydrogen) atoms. The number of carbonyl (C=O) groups excluding carboxylic acids is 1. The van der Waals surface area contributed by atoms with E-state index in [1.54, 1.807) is 38.2 Å². The first-order valence-corrected chi connectivity index (χ1v) is 8.22. The minimum Gasteiger partial charge on any atom is -0.360 e. The van der Waals surface area contributed by atoms with Crippen LogP contribution in [0, 0.1) is 12.7 Å². The summed E-state index contributed by atoms with van der Waals surface area (Å²) in [5.74, 6) is 0.160. The average molecular weight is 354 g/mol. The lowest BCUT2D eigenvalue weighted by molar-refractivity contribution is 0.0946. The molecule has 1 amide bonds. The quantitative estimate of drug-likeness (QED) is 0.762. The van der Waals surface area contributed by atoms with E-state index in [1.165, 1.54) is 16.8 Å². The van der Waals surface area contributed by atoms with Crippen LogP contribution >= 0.6 is 0 Å². The van der Waals surface area contributed by atoms with Crippen molar-refractivity contribution in [3.63, 3.8) is 0 Å². The normalized spacial score (nSPS) is 11.2. The molecule has 0 aliphatic carbocycles. The fourth-order valence-corrected chi connectivity index (χ4v) is 2.59. The molecule has 3 aromatic rings. The number of hydrogen-bond acceptors (Lipinski definition) is 4. The van der Waals surface area contributed by atoms with E-state index in [2.05, 4.69) is 15.6 Å². The second-order valence-corrected chi connectivity index (χ2v) is 5.78. The van der Waals surface area contributed by atoms with Crippen molar-refractivity contribution in [3.8, 4) is 11.3 Å². The Morgan fingerprint density at radius 1 is 1.31 bits per heavy atom. The van der Waals surface area contributed by atoms with Gasteiger partial charge in [-0.1, -0.05) is 5.16 Å². The van der Waals surface area contributed by atoms with Gasteiger partial charge in [0.15, 0.2) is 0 Å². The summed E-state index contributed by atoms with van der Waals surface area (Å²) in [6, 6.07) is 7.77. The number of rotatable bonds is 5. The Kier molecular flexibility index (Phi) is 4.97. The van der Waals surface area contributed by atoms with Gasteiger partial charge in [0.2, 0.25) is 0 Å². The third kappa shape index (κ3) is 3.56. The zero-order valence-corrected chi connectivity index (χ0v) is 14.8. The Hall–Kier alpha value is -3.22. The highest BCUT2D eigenvalue weighted by Gasteiger charge is 2.14. The van der Waals surface area contributed by atoms with Crippen molar-refractivity contribution in [1.82, 2.24) is 20.3 Å². The molecule has 2 heterocycles. The number of hydrogen-bond donors (Lipinski definition) is 1. The molecule has 0 radical (unpaired) electrons. The van der Waals surface area contributed by atoms with Crippen molar-refractivity contribution in [3.05, 3.63) is 58.9 Å². The standard InChI is InChI=1S/C19H19FN4O2/c1-4-21-19(25)17-11-15(22-24(17)3)9-10-16-12(2)26-23-18(16)13-5-7-14(20)8-6-13/h5-11H,4H2,1-3H3,(H,21,25)/b10-9+. The van der Waals surface area contributed by atoms with Gasteiger partial charge in [-0.2, -0.15) is 5.10 Å². The smallest absolute Gasteiger partial charge is 0.269 e. The van der Waals surface area contributed by atoms with Gasteiger partial charge in [-0.15, -0.1) is 0 Å². The summed E-state index contributed by atoms with van der Waals surface area (Å²) in [6.45, 7) is 4.22. The number of aryl methyl sites for hydroxylation is 2. The summed E-state index contributed by atoms with van der Waals surface area (Å²) < 4.78 is 20.0. The predicted molar refractivity (Wildman–Crippen MR) is 96.8 cm³/mol.